The van der Waals surface area contributed by atoms with Gasteiger partial charge in [0.1, 0.15) is 5.75 Å². The van der Waals surface area contributed by atoms with Crippen LogP contribution < -0.4 is 15.9 Å². The van der Waals surface area contributed by atoms with E-state index in [0.717, 1.165) is 5.56 Å². The second-order valence-corrected chi connectivity index (χ2v) is 4.04. The molecule has 7 heteroatoms. The number of aryl methyl sites for hydroxylation is 2. The molecule has 0 bridgehead atoms. The molecule has 0 atom stereocenters. The summed E-state index contributed by atoms with van der Waals surface area (Å²) in [6.45, 7) is 0.532. The first-order chi connectivity index (χ1) is 8.40. The van der Waals surface area contributed by atoms with E-state index < -0.39 is 6.61 Å². The summed E-state index contributed by atoms with van der Waals surface area (Å²) in [6, 6.07) is 3.35. The molecule has 1 rings (SSSR count). The molecule has 98 valence electrons. The Bertz CT molecular complexity index is 454. The fraction of sp³-hybridized carbons (Fsp3) is 0.273. The van der Waals surface area contributed by atoms with Gasteiger partial charge in [-0.05, 0) is 54.9 Å². The largest absolute Gasteiger partial charge is 0.434 e. The standard InChI is InChI=1S/C11H13F2N3OS/c1-6-3-8(5-15-16-11(14)18)4-7(2)9(6)17-10(12)13/h3-5,10H,1-2H3,(H3,14,16,18). The Hall–Kier alpha value is -1.76. The highest BCUT2D eigenvalue weighted by Crippen LogP contribution is 2.25. The number of rotatable bonds is 4. The van der Waals surface area contributed by atoms with Crippen molar-refractivity contribution >= 4 is 23.5 Å². The van der Waals surface area contributed by atoms with Crippen molar-refractivity contribution in [3.63, 3.8) is 0 Å². The number of halogens is 2. The lowest BCUT2D eigenvalue weighted by Crippen LogP contribution is -2.24. The molecular formula is C11H13F2N3OS. The Morgan fingerprint density at radius 1 is 1.44 bits per heavy atom. The zero-order valence-corrected chi connectivity index (χ0v) is 10.7. The van der Waals surface area contributed by atoms with E-state index in [1.54, 1.807) is 26.0 Å². The van der Waals surface area contributed by atoms with Crippen molar-refractivity contribution in [2.45, 2.75) is 20.5 Å². The van der Waals surface area contributed by atoms with Crippen molar-refractivity contribution in [1.82, 2.24) is 5.43 Å². The number of thiocarbonyl (C=S) groups is 1. The average Bonchev–Trinajstić information content (AvgIpc) is 2.22. The number of alkyl halides is 2. The predicted octanol–water partition coefficient (Wildman–Crippen LogP) is 2.07. The monoisotopic (exact) mass is 273 g/mol. The molecule has 0 aliphatic carbocycles. The summed E-state index contributed by atoms with van der Waals surface area (Å²) in [4.78, 5) is 0. The minimum atomic E-state index is -2.84. The van der Waals surface area contributed by atoms with Crippen molar-refractivity contribution in [3.05, 3.63) is 28.8 Å². The van der Waals surface area contributed by atoms with Crippen LogP contribution in [0.1, 0.15) is 16.7 Å². The number of nitrogens with zero attached hydrogens (tertiary/aromatic N) is 1. The number of nitrogens with one attached hydrogen (secondary N) is 1. The third kappa shape index (κ3) is 4.25. The Morgan fingerprint density at radius 2 is 2.00 bits per heavy atom. The quantitative estimate of drug-likeness (QED) is 0.501. The van der Waals surface area contributed by atoms with Gasteiger partial charge < -0.3 is 10.5 Å². The van der Waals surface area contributed by atoms with E-state index in [1.807, 2.05) is 0 Å². The molecule has 1 aromatic carbocycles. The number of nitrogens with two attached hydrogens (primary N) is 1. The molecule has 0 aliphatic heterocycles. The Labute approximate surface area is 109 Å². The third-order valence-corrected chi connectivity index (χ3v) is 2.17. The number of ether oxygens (including phenoxy) is 1. The highest BCUT2D eigenvalue weighted by atomic mass is 32.1. The smallest absolute Gasteiger partial charge is 0.387 e. The first-order valence-corrected chi connectivity index (χ1v) is 5.45. The topological polar surface area (TPSA) is 59.6 Å². The Morgan fingerprint density at radius 3 is 2.44 bits per heavy atom. The Kier molecular flexibility index (Phi) is 4.96. The lowest BCUT2D eigenvalue weighted by Gasteiger charge is -2.11. The molecule has 0 aromatic heterocycles. The van der Waals surface area contributed by atoms with Gasteiger partial charge in [0, 0.05) is 0 Å². The summed E-state index contributed by atoms with van der Waals surface area (Å²) in [5, 5.41) is 3.84. The van der Waals surface area contributed by atoms with Crippen LogP contribution in [0, 0.1) is 13.8 Å². The molecule has 0 amide bonds. The molecule has 3 N–H and O–H groups in total. The van der Waals surface area contributed by atoms with Crippen LogP contribution in [-0.2, 0) is 0 Å². The molecule has 0 aliphatic rings. The van der Waals surface area contributed by atoms with E-state index in [2.05, 4.69) is 27.5 Å². The van der Waals surface area contributed by atoms with Crippen molar-refractivity contribution in [3.8, 4) is 5.75 Å². The van der Waals surface area contributed by atoms with E-state index in [-0.39, 0.29) is 10.9 Å². The van der Waals surface area contributed by atoms with Crippen LogP contribution in [0.2, 0.25) is 0 Å². The SMILES string of the molecule is Cc1cc(C=NNC(N)=S)cc(C)c1OC(F)F. The first kappa shape index (κ1) is 14.3. The van der Waals surface area contributed by atoms with Gasteiger partial charge in [0.05, 0.1) is 6.21 Å². The highest BCUT2D eigenvalue weighted by molar-refractivity contribution is 7.80. The number of hydrogen-bond donors (Lipinski definition) is 2. The summed E-state index contributed by atoms with van der Waals surface area (Å²) in [5.74, 6) is 0.185. The average molecular weight is 273 g/mol. The van der Waals surface area contributed by atoms with Crippen molar-refractivity contribution in [1.29, 1.82) is 0 Å². The maximum absolute atomic E-state index is 12.2. The zero-order valence-electron chi connectivity index (χ0n) is 9.91. The van der Waals surface area contributed by atoms with Crippen molar-refractivity contribution in [2.75, 3.05) is 0 Å². The van der Waals surface area contributed by atoms with Crippen LogP contribution >= 0.6 is 12.2 Å². The van der Waals surface area contributed by atoms with Gasteiger partial charge in [0.2, 0.25) is 0 Å². The summed E-state index contributed by atoms with van der Waals surface area (Å²) < 4.78 is 28.8. The van der Waals surface area contributed by atoms with Crippen LogP contribution in [0.25, 0.3) is 0 Å². The van der Waals surface area contributed by atoms with Crippen molar-refractivity contribution in [2.24, 2.45) is 10.8 Å². The lowest BCUT2D eigenvalue weighted by molar-refractivity contribution is -0.0507. The van der Waals surface area contributed by atoms with Gasteiger partial charge in [-0.15, -0.1) is 0 Å². The van der Waals surface area contributed by atoms with Crippen LogP contribution in [0.3, 0.4) is 0 Å². The molecule has 0 saturated carbocycles. The van der Waals surface area contributed by atoms with Crippen LogP contribution in [0.15, 0.2) is 17.2 Å². The summed E-state index contributed by atoms with van der Waals surface area (Å²) >= 11 is 4.58. The van der Waals surface area contributed by atoms with Gasteiger partial charge in [0.15, 0.2) is 5.11 Å². The Balaban J connectivity index is 2.92. The number of hydrazone groups is 1. The summed E-state index contributed by atoms with van der Waals surface area (Å²) in [6.07, 6.45) is 1.49. The molecule has 1 aromatic rings. The van der Waals surface area contributed by atoms with Crippen molar-refractivity contribution < 1.29 is 13.5 Å². The maximum Gasteiger partial charge on any atom is 0.387 e. The minimum Gasteiger partial charge on any atom is -0.434 e. The number of benzene rings is 1. The molecule has 0 fully saturated rings. The molecule has 0 saturated heterocycles. The molecule has 4 nitrogen and oxygen atoms in total. The maximum atomic E-state index is 12.2. The first-order valence-electron chi connectivity index (χ1n) is 5.04. The van der Waals surface area contributed by atoms with Gasteiger partial charge in [0.25, 0.3) is 0 Å². The molecule has 0 heterocycles. The van der Waals surface area contributed by atoms with Crippen LogP contribution in [-0.4, -0.2) is 17.9 Å². The van der Waals surface area contributed by atoms with Crippen LogP contribution in [0.4, 0.5) is 8.78 Å². The molecule has 18 heavy (non-hydrogen) atoms. The summed E-state index contributed by atoms with van der Waals surface area (Å²) in [5.41, 5.74) is 9.55. The van der Waals surface area contributed by atoms with Gasteiger partial charge in [-0.1, -0.05) is 0 Å². The van der Waals surface area contributed by atoms with Crippen LogP contribution in [0.5, 0.6) is 5.75 Å². The van der Waals surface area contributed by atoms with E-state index in [9.17, 15) is 8.78 Å². The fourth-order valence-electron chi connectivity index (χ4n) is 1.50. The minimum absolute atomic E-state index is 0.0531. The van der Waals surface area contributed by atoms with E-state index in [4.69, 9.17) is 5.73 Å². The third-order valence-electron chi connectivity index (χ3n) is 2.08. The molecule has 0 unspecified atom stereocenters. The fourth-order valence-corrected chi connectivity index (χ4v) is 1.56. The molecule has 0 spiro atoms. The second-order valence-electron chi connectivity index (χ2n) is 3.60. The molecule has 0 radical (unpaired) electrons. The number of hydrogen-bond acceptors (Lipinski definition) is 3. The lowest BCUT2D eigenvalue weighted by atomic mass is 10.1. The van der Waals surface area contributed by atoms with Gasteiger partial charge >= 0.3 is 6.61 Å². The molecular weight excluding hydrogens is 260 g/mol. The zero-order chi connectivity index (χ0) is 13.7. The van der Waals surface area contributed by atoms with E-state index in [0.29, 0.717) is 11.1 Å². The highest BCUT2D eigenvalue weighted by Gasteiger charge is 2.10. The summed E-state index contributed by atoms with van der Waals surface area (Å²) in [7, 11) is 0. The predicted molar refractivity (Wildman–Crippen MR) is 70.1 cm³/mol. The van der Waals surface area contributed by atoms with Gasteiger partial charge in [-0.25, -0.2) is 0 Å². The van der Waals surface area contributed by atoms with E-state index in [1.165, 1.54) is 6.21 Å². The van der Waals surface area contributed by atoms with Gasteiger partial charge in [-0.2, -0.15) is 13.9 Å². The second kappa shape index (κ2) is 6.25. The van der Waals surface area contributed by atoms with Gasteiger partial charge in [-0.3, -0.25) is 5.43 Å². The normalized spacial score (nSPS) is 10.9. The van der Waals surface area contributed by atoms with E-state index >= 15 is 0 Å².